The fourth-order valence-corrected chi connectivity index (χ4v) is 4.33. The second-order valence-electron chi connectivity index (χ2n) is 7.02. The summed E-state index contributed by atoms with van der Waals surface area (Å²) in [6.07, 6.45) is -0.129. The van der Waals surface area contributed by atoms with E-state index in [9.17, 15) is 13.2 Å². The van der Waals surface area contributed by atoms with E-state index in [2.05, 4.69) is 4.72 Å². The maximum atomic E-state index is 12.8. The van der Waals surface area contributed by atoms with E-state index in [-0.39, 0.29) is 30.3 Å². The van der Waals surface area contributed by atoms with Gasteiger partial charge in [-0.05, 0) is 42.5 Å². The third-order valence-corrected chi connectivity index (χ3v) is 6.09. The van der Waals surface area contributed by atoms with Crippen LogP contribution in [0.15, 0.2) is 71.6 Å². The summed E-state index contributed by atoms with van der Waals surface area (Å²) in [5.41, 5.74) is 0.926. The minimum Gasteiger partial charge on any atom is -0.497 e. The first-order chi connectivity index (χ1) is 16.3. The van der Waals surface area contributed by atoms with Crippen LogP contribution in [0, 0.1) is 0 Å². The van der Waals surface area contributed by atoms with E-state index in [1.807, 2.05) is 0 Å². The molecular formula is C24H25NO8S. The van der Waals surface area contributed by atoms with Crippen molar-refractivity contribution in [1.82, 2.24) is 0 Å². The lowest BCUT2D eigenvalue weighted by molar-refractivity contribution is -0.136. The highest BCUT2D eigenvalue weighted by Gasteiger charge is 2.21. The number of aliphatic carboxylic acids is 1. The number of carboxylic acids is 1. The van der Waals surface area contributed by atoms with Crippen molar-refractivity contribution in [3.8, 4) is 23.0 Å². The van der Waals surface area contributed by atoms with Gasteiger partial charge in [-0.3, -0.25) is 9.52 Å². The molecule has 3 aromatic carbocycles. The van der Waals surface area contributed by atoms with Crippen molar-refractivity contribution in [2.45, 2.75) is 11.3 Å². The number of sulfonamides is 1. The van der Waals surface area contributed by atoms with Crippen LogP contribution in [0.4, 0.5) is 5.69 Å². The molecule has 0 aliphatic rings. The van der Waals surface area contributed by atoms with Gasteiger partial charge in [0.2, 0.25) is 0 Å². The average molecular weight is 488 g/mol. The van der Waals surface area contributed by atoms with Gasteiger partial charge < -0.3 is 24.1 Å². The molecule has 0 aromatic heterocycles. The molecule has 0 fully saturated rings. The minimum absolute atomic E-state index is 0.0463. The van der Waals surface area contributed by atoms with E-state index < -0.39 is 16.0 Å². The number of carbonyl (C=O) groups is 1. The van der Waals surface area contributed by atoms with Gasteiger partial charge in [-0.25, -0.2) is 8.42 Å². The maximum absolute atomic E-state index is 12.8. The molecule has 0 spiro atoms. The summed E-state index contributed by atoms with van der Waals surface area (Å²) in [5.74, 6) is 0.652. The van der Waals surface area contributed by atoms with Crippen molar-refractivity contribution in [1.29, 1.82) is 0 Å². The normalized spacial score (nSPS) is 10.9. The quantitative estimate of drug-likeness (QED) is 0.372. The van der Waals surface area contributed by atoms with E-state index in [0.29, 0.717) is 28.5 Å². The zero-order valence-electron chi connectivity index (χ0n) is 18.7. The molecule has 0 heterocycles. The Bertz CT molecular complexity index is 1230. The summed E-state index contributed by atoms with van der Waals surface area (Å²) >= 11 is 0. The van der Waals surface area contributed by atoms with E-state index in [1.54, 1.807) is 54.6 Å². The molecule has 3 rings (SSSR count). The van der Waals surface area contributed by atoms with E-state index in [4.69, 9.17) is 24.1 Å². The van der Waals surface area contributed by atoms with Gasteiger partial charge in [0.15, 0.2) is 0 Å². The largest absolute Gasteiger partial charge is 0.497 e. The van der Waals surface area contributed by atoms with Gasteiger partial charge in [0.1, 0.15) is 41.1 Å². The van der Waals surface area contributed by atoms with Gasteiger partial charge in [0.25, 0.3) is 10.0 Å². The van der Waals surface area contributed by atoms with Crippen LogP contribution < -0.4 is 23.7 Å². The number of nitrogens with one attached hydrogen (secondary N) is 1. The Morgan fingerprint density at radius 2 is 1.53 bits per heavy atom. The minimum atomic E-state index is -3.92. The van der Waals surface area contributed by atoms with Gasteiger partial charge in [-0.1, -0.05) is 18.2 Å². The van der Waals surface area contributed by atoms with Crippen LogP contribution in [0.1, 0.15) is 5.56 Å². The highest BCUT2D eigenvalue weighted by Crippen LogP contribution is 2.30. The molecule has 34 heavy (non-hydrogen) atoms. The Hall–Kier alpha value is -3.92. The molecule has 2 N–H and O–H groups in total. The Morgan fingerprint density at radius 1 is 0.853 bits per heavy atom. The zero-order chi connectivity index (χ0) is 24.6. The molecule has 10 heteroatoms. The first kappa shape index (κ1) is 24.7. The summed E-state index contributed by atoms with van der Waals surface area (Å²) < 4.78 is 49.7. The number of carboxylic acid groups (broad SMARTS) is 1. The number of methoxy groups -OCH3 is 2. The summed E-state index contributed by atoms with van der Waals surface area (Å²) in [6.45, 7) is 0.425. The van der Waals surface area contributed by atoms with Crippen molar-refractivity contribution in [3.05, 3.63) is 72.3 Å². The lowest BCUT2D eigenvalue weighted by Crippen LogP contribution is -2.14. The SMILES string of the molecule is COc1ccc(OC)c(S(=O)(=O)Nc2ccc(OCCOc3ccccc3CC(=O)O)cc2)c1. The lowest BCUT2D eigenvalue weighted by atomic mass is 10.1. The molecule has 0 saturated carbocycles. The number of hydrogen-bond acceptors (Lipinski definition) is 7. The zero-order valence-corrected chi connectivity index (χ0v) is 19.5. The molecule has 0 aliphatic carbocycles. The molecule has 180 valence electrons. The molecule has 0 amide bonds. The van der Waals surface area contributed by atoms with Crippen LogP contribution in [-0.4, -0.2) is 46.9 Å². The Kier molecular flexibility index (Phi) is 8.20. The van der Waals surface area contributed by atoms with E-state index in [1.165, 1.54) is 26.4 Å². The Morgan fingerprint density at radius 3 is 2.21 bits per heavy atom. The number of anilines is 1. The third kappa shape index (κ3) is 6.55. The topological polar surface area (TPSA) is 120 Å². The van der Waals surface area contributed by atoms with Crippen molar-refractivity contribution in [3.63, 3.8) is 0 Å². The number of rotatable bonds is 12. The molecule has 0 radical (unpaired) electrons. The van der Waals surface area contributed by atoms with Crippen LogP contribution in [0.3, 0.4) is 0 Å². The summed E-state index contributed by atoms with van der Waals surface area (Å²) in [7, 11) is -1.08. The van der Waals surface area contributed by atoms with Gasteiger partial charge in [-0.15, -0.1) is 0 Å². The van der Waals surface area contributed by atoms with Gasteiger partial charge in [-0.2, -0.15) is 0 Å². The van der Waals surface area contributed by atoms with Gasteiger partial charge >= 0.3 is 5.97 Å². The number of ether oxygens (including phenoxy) is 4. The van der Waals surface area contributed by atoms with Gasteiger partial charge in [0, 0.05) is 17.3 Å². The number of benzene rings is 3. The molecule has 0 saturated heterocycles. The fraction of sp³-hybridized carbons (Fsp3) is 0.208. The molecule has 0 atom stereocenters. The summed E-state index contributed by atoms with van der Waals surface area (Å²) in [5, 5.41) is 8.98. The van der Waals surface area contributed by atoms with Gasteiger partial charge in [0.05, 0.1) is 20.6 Å². The summed E-state index contributed by atoms with van der Waals surface area (Å²) in [6, 6.07) is 17.8. The highest BCUT2D eigenvalue weighted by molar-refractivity contribution is 7.92. The van der Waals surface area contributed by atoms with Crippen LogP contribution in [-0.2, 0) is 21.2 Å². The molecule has 0 unspecified atom stereocenters. The number of para-hydroxylation sites is 1. The predicted molar refractivity (Wildman–Crippen MR) is 126 cm³/mol. The third-order valence-electron chi connectivity index (χ3n) is 4.69. The average Bonchev–Trinajstić information content (AvgIpc) is 2.82. The maximum Gasteiger partial charge on any atom is 0.307 e. The van der Waals surface area contributed by atoms with Crippen LogP contribution in [0.2, 0.25) is 0 Å². The molecule has 0 aliphatic heterocycles. The first-order valence-corrected chi connectivity index (χ1v) is 11.7. The Balaban J connectivity index is 1.57. The molecule has 3 aromatic rings. The van der Waals surface area contributed by atoms with Crippen LogP contribution in [0.5, 0.6) is 23.0 Å². The smallest absolute Gasteiger partial charge is 0.307 e. The van der Waals surface area contributed by atoms with Crippen LogP contribution >= 0.6 is 0 Å². The molecule has 9 nitrogen and oxygen atoms in total. The second-order valence-corrected chi connectivity index (χ2v) is 8.67. The van der Waals surface area contributed by atoms with E-state index in [0.717, 1.165) is 0 Å². The number of hydrogen-bond donors (Lipinski definition) is 2. The lowest BCUT2D eigenvalue weighted by Gasteiger charge is -2.13. The molecule has 0 bridgehead atoms. The fourth-order valence-electron chi connectivity index (χ4n) is 3.09. The Labute approximate surface area is 197 Å². The predicted octanol–water partition coefficient (Wildman–Crippen LogP) is 3.59. The van der Waals surface area contributed by atoms with Crippen molar-refractivity contribution < 1.29 is 37.3 Å². The van der Waals surface area contributed by atoms with Crippen LogP contribution in [0.25, 0.3) is 0 Å². The van der Waals surface area contributed by atoms with Crippen molar-refractivity contribution in [2.24, 2.45) is 0 Å². The van der Waals surface area contributed by atoms with Crippen molar-refractivity contribution in [2.75, 3.05) is 32.2 Å². The molecular weight excluding hydrogens is 462 g/mol. The summed E-state index contributed by atoms with van der Waals surface area (Å²) in [4.78, 5) is 10.9. The van der Waals surface area contributed by atoms with Crippen molar-refractivity contribution >= 4 is 21.7 Å². The van der Waals surface area contributed by atoms with E-state index >= 15 is 0 Å². The highest BCUT2D eigenvalue weighted by atomic mass is 32.2. The monoisotopic (exact) mass is 487 g/mol. The standard InChI is InChI=1S/C24H25NO8S/c1-30-20-11-12-22(31-2)23(16-20)34(28,29)25-18-7-9-19(10-8-18)32-13-14-33-21-6-4-3-5-17(21)15-24(26)27/h3-12,16,25H,13-15H2,1-2H3,(H,26,27). The second kappa shape index (κ2) is 11.3. The first-order valence-electron chi connectivity index (χ1n) is 10.2.